The molecule has 3 aliphatic rings. The predicted octanol–water partition coefficient (Wildman–Crippen LogP) is -3.51. The second-order valence-electron chi connectivity index (χ2n) is 17.4. The molecule has 370 valence electrons. The van der Waals surface area contributed by atoms with Crippen molar-refractivity contribution in [2.45, 2.75) is 147 Å². The Balaban J connectivity index is 2.16. The number of carbonyl (C=O) groups excluding carboxylic acids is 8. The predicted molar refractivity (Wildman–Crippen MR) is 246 cm³/mol. The molecule has 0 radical (unpaired) electrons. The zero-order chi connectivity index (χ0) is 49.2. The van der Waals surface area contributed by atoms with Crippen molar-refractivity contribution in [2.75, 3.05) is 31.9 Å². The van der Waals surface area contributed by atoms with E-state index in [1.54, 1.807) is 20.8 Å². The molecule has 0 aromatic carbocycles. The number of aliphatic carboxylic acids is 1. The number of nitrogens with zero attached hydrogens (tertiary/aromatic N) is 4. The Hall–Kier alpha value is -5.88. The third-order valence-corrected chi connectivity index (χ3v) is 12.1. The first-order valence-corrected chi connectivity index (χ1v) is 23.2. The maximum absolute atomic E-state index is 14.3. The number of guanidine groups is 2. The fraction of sp³-hybridized carbons (Fsp3) is 0.732. The Morgan fingerprint density at radius 3 is 1.53 bits per heavy atom. The van der Waals surface area contributed by atoms with Gasteiger partial charge in [0.05, 0.1) is 6.42 Å². The van der Waals surface area contributed by atoms with Crippen molar-refractivity contribution < 1.29 is 48.3 Å². The SMILES string of the molecule is CC[C@H](C)[C@@H]1NC(=O)[C@@H]2CCCN2C(=O)[C@H](CC(=O)O)NC(=O)[C@H](CCCN=C(N)N)NC(=O)[C@H](CCCN=C(N)N)NC(=O)[C@H](CC(C)C)NC(=O)[C@H](CS)NC(=O)[C@@H]2CCCN2C1=O. The molecule has 8 amide bonds. The molecule has 0 unspecified atom stereocenters. The van der Waals surface area contributed by atoms with Crippen LogP contribution in [-0.2, 0) is 43.2 Å². The molecule has 3 saturated heterocycles. The molecule has 0 aliphatic carbocycles. The molecule has 66 heavy (non-hydrogen) atoms. The van der Waals surface area contributed by atoms with Gasteiger partial charge in [0.25, 0.3) is 0 Å². The van der Waals surface area contributed by atoms with E-state index >= 15 is 0 Å². The summed E-state index contributed by atoms with van der Waals surface area (Å²) in [6, 6.07) is -10.3. The number of nitrogens with two attached hydrogens (primary N) is 4. The lowest BCUT2D eigenvalue weighted by molar-refractivity contribution is -0.147. The van der Waals surface area contributed by atoms with Gasteiger partial charge in [-0.05, 0) is 69.6 Å². The molecule has 15 N–H and O–H groups in total. The van der Waals surface area contributed by atoms with E-state index in [-0.39, 0.29) is 94.7 Å². The van der Waals surface area contributed by atoms with Crippen LogP contribution in [0.3, 0.4) is 0 Å². The van der Waals surface area contributed by atoms with Gasteiger partial charge in [0, 0.05) is 31.9 Å². The summed E-state index contributed by atoms with van der Waals surface area (Å²) in [7, 11) is 0. The molecule has 25 heteroatoms. The Labute approximate surface area is 390 Å². The van der Waals surface area contributed by atoms with Crippen molar-refractivity contribution in [2.24, 2.45) is 44.8 Å². The summed E-state index contributed by atoms with van der Waals surface area (Å²) in [6.07, 6.45) is 0.911. The fourth-order valence-corrected chi connectivity index (χ4v) is 8.35. The molecule has 0 saturated carbocycles. The normalized spacial score (nSPS) is 26.9. The molecule has 0 spiro atoms. The first-order chi connectivity index (χ1) is 31.2. The van der Waals surface area contributed by atoms with Gasteiger partial charge in [-0.1, -0.05) is 34.1 Å². The molecule has 3 fully saturated rings. The van der Waals surface area contributed by atoms with Gasteiger partial charge in [0.1, 0.15) is 48.3 Å². The second kappa shape index (κ2) is 26.3. The smallest absolute Gasteiger partial charge is 0.305 e. The summed E-state index contributed by atoms with van der Waals surface area (Å²) in [5.41, 5.74) is 22.0. The standard InChI is InChI=1S/C41H70N14O10S/c1-5-22(4)31-39(65)55-17-9-12-28(55)36(62)52-27(20-66)35(61)50-25(18-21(2)3)34(60)49-23(10-6-14-46-40(42)43)32(58)48-24(11-7-15-47-41(44)45)33(59)51-26(19-30(56)57)38(64)54-16-8-13-29(54)37(63)53-31/h21-29,31,66H,5-20H2,1-4H3,(H,48,58)(H,49,60)(H,50,61)(H,51,59)(H,52,62)(H,53,63)(H,56,57)(H4,42,43,46)(H4,44,45,47)/t22-,23-,24-,25-,26-,27-,28-,29-,31-/m0/s1. The van der Waals surface area contributed by atoms with Crippen molar-refractivity contribution in [3.05, 3.63) is 0 Å². The molecule has 3 heterocycles. The zero-order valence-electron chi connectivity index (χ0n) is 38.3. The van der Waals surface area contributed by atoms with Crippen LogP contribution in [0.25, 0.3) is 0 Å². The van der Waals surface area contributed by atoms with Gasteiger partial charge < -0.3 is 69.7 Å². The van der Waals surface area contributed by atoms with Crippen LogP contribution < -0.4 is 54.8 Å². The van der Waals surface area contributed by atoms with Gasteiger partial charge in [0.2, 0.25) is 47.3 Å². The number of fused-ring (bicyclic) bond motifs is 2. The van der Waals surface area contributed by atoms with Gasteiger partial charge >= 0.3 is 5.97 Å². The minimum Gasteiger partial charge on any atom is -0.481 e. The van der Waals surface area contributed by atoms with Crippen molar-refractivity contribution >= 4 is 77.8 Å². The summed E-state index contributed by atoms with van der Waals surface area (Å²) in [5, 5.41) is 25.8. The number of amides is 8. The third-order valence-electron chi connectivity index (χ3n) is 11.8. The molecule has 3 aliphatic heterocycles. The van der Waals surface area contributed by atoms with Gasteiger partial charge in [-0.2, -0.15) is 12.6 Å². The lowest BCUT2D eigenvalue weighted by Gasteiger charge is -2.34. The number of nitrogens with one attached hydrogen (secondary N) is 6. The summed E-state index contributed by atoms with van der Waals surface area (Å²) in [6.45, 7) is 7.46. The van der Waals surface area contributed by atoms with E-state index in [1.165, 1.54) is 4.90 Å². The van der Waals surface area contributed by atoms with Crippen molar-refractivity contribution in [3.63, 3.8) is 0 Å². The van der Waals surface area contributed by atoms with Crippen LogP contribution in [0.4, 0.5) is 0 Å². The highest BCUT2D eigenvalue weighted by Crippen LogP contribution is 2.24. The minimum absolute atomic E-state index is 0.0194. The number of rotatable bonds is 15. The van der Waals surface area contributed by atoms with E-state index in [4.69, 9.17) is 22.9 Å². The summed E-state index contributed by atoms with van der Waals surface area (Å²) in [5.74, 6) is -8.79. The highest BCUT2D eigenvalue weighted by atomic mass is 32.1. The molecule has 24 nitrogen and oxygen atoms in total. The lowest BCUT2D eigenvalue weighted by Crippen LogP contribution is -2.62. The molecule has 0 aromatic rings. The van der Waals surface area contributed by atoms with Crippen LogP contribution in [-0.4, -0.2) is 160 Å². The van der Waals surface area contributed by atoms with E-state index in [1.807, 2.05) is 6.92 Å². The van der Waals surface area contributed by atoms with Gasteiger partial charge in [-0.15, -0.1) is 0 Å². The lowest BCUT2D eigenvalue weighted by atomic mass is 9.96. The average molecular weight is 951 g/mol. The van der Waals surface area contributed by atoms with E-state index in [9.17, 15) is 48.3 Å². The first kappa shape index (κ1) is 54.5. The fourth-order valence-electron chi connectivity index (χ4n) is 8.09. The molecule has 0 aromatic heterocycles. The number of carboxylic acids is 1. The summed E-state index contributed by atoms with van der Waals surface area (Å²) >= 11 is 4.32. The van der Waals surface area contributed by atoms with Crippen LogP contribution in [0.15, 0.2) is 9.98 Å². The largest absolute Gasteiger partial charge is 0.481 e. The van der Waals surface area contributed by atoms with E-state index in [2.05, 4.69) is 54.5 Å². The van der Waals surface area contributed by atoms with Crippen molar-refractivity contribution in [3.8, 4) is 0 Å². The highest BCUT2D eigenvalue weighted by molar-refractivity contribution is 7.80. The number of carboxylic acid groups (broad SMARTS) is 1. The van der Waals surface area contributed by atoms with Crippen LogP contribution in [0, 0.1) is 11.8 Å². The monoisotopic (exact) mass is 951 g/mol. The number of hydrogen-bond acceptors (Lipinski definition) is 12. The first-order valence-electron chi connectivity index (χ1n) is 22.5. The maximum Gasteiger partial charge on any atom is 0.305 e. The maximum atomic E-state index is 14.3. The van der Waals surface area contributed by atoms with Crippen molar-refractivity contribution in [1.29, 1.82) is 0 Å². The average Bonchev–Trinajstić information content (AvgIpc) is 3.96. The minimum atomic E-state index is -1.71. The Morgan fingerprint density at radius 2 is 1.08 bits per heavy atom. The van der Waals surface area contributed by atoms with Crippen LogP contribution >= 0.6 is 12.6 Å². The zero-order valence-corrected chi connectivity index (χ0v) is 39.1. The highest BCUT2D eigenvalue weighted by Gasteiger charge is 2.44. The molecular weight excluding hydrogens is 881 g/mol. The Bertz CT molecular complexity index is 1830. The molecule has 9 atom stereocenters. The number of carbonyl (C=O) groups is 9. The van der Waals surface area contributed by atoms with Crippen LogP contribution in [0.2, 0.25) is 0 Å². The number of aliphatic imine (C=N–C) groups is 2. The molecule has 0 bridgehead atoms. The van der Waals surface area contributed by atoms with Gasteiger partial charge in [0.15, 0.2) is 11.9 Å². The van der Waals surface area contributed by atoms with E-state index in [0.717, 1.165) is 4.90 Å². The van der Waals surface area contributed by atoms with Crippen molar-refractivity contribution in [1.82, 2.24) is 41.7 Å². The quantitative estimate of drug-likeness (QED) is 0.0328. The number of thiol groups is 1. The summed E-state index contributed by atoms with van der Waals surface area (Å²) in [4.78, 5) is 135. The van der Waals surface area contributed by atoms with Crippen LogP contribution in [0.1, 0.15) is 98.3 Å². The molecular formula is C41H70N14O10S. The van der Waals surface area contributed by atoms with Gasteiger partial charge in [-0.3, -0.25) is 53.1 Å². The third kappa shape index (κ3) is 16.2. The van der Waals surface area contributed by atoms with Gasteiger partial charge in [-0.25, -0.2) is 0 Å². The topological polar surface area (TPSA) is 381 Å². The van der Waals surface area contributed by atoms with E-state index in [0.29, 0.717) is 19.3 Å². The Morgan fingerprint density at radius 1 is 0.652 bits per heavy atom. The van der Waals surface area contributed by atoms with E-state index < -0.39 is 114 Å². The van der Waals surface area contributed by atoms with Crippen LogP contribution in [0.5, 0.6) is 0 Å². The number of hydrogen-bond donors (Lipinski definition) is 12. The summed E-state index contributed by atoms with van der Waals surface area (Å²) < 4.78 is 0. The molecule has 3 rings (SSSR count). The second-order valence-corrected chi connectivity index (χ2v) is 17.7. The Kier molecular flexibility index (Phi) is 21.7.